The Labute approximate surface area is 211 Å². The minimum Gasteiger partial charge on any atom is -0.484 e. The standard InChI is InChI=1S/C28H30ClNO5/c1-3-34-26(28(32)33)16-21-10-14-25(15-11-21)35-19-27(31)30(17-22-6-4-20(2)5-7-22)18-23-8-12-24(29)13-9-23/h4-15,26H,3,16-19H2,1-2H3,(H,32,33)/t26-/m0/s1. The number of carboxylic acid groups (broad SMARTS) is 1. The summed E-state index contributed by atoms with van der Waals surface area (Å²) in [5, 5.41) is 9.90. The number of carboxylic acids is 1. The van der Waals surface area contributed by atoms with Crippen molar-refractivity contribution in [2.24, 2.45) is 0 Å². The van der Waals surface area contributed by atoms with E-state index in [2.05, 4.69) is 0 Å². The number of carbonyl (C=O) groups is 2. The molecular weight excluding hydrogens is 466 g/mol. The van der Waals surface area contributed by atoms with Crippen LogP contribution in [-0.2, 0) is 33.8 Å². The van der Waals surface area contributed by atoms with Crippen molar-refractivity contribution in [3.63, 3.8) is 0 Å². The zero-order valence-corrected chi connectivity index (χ0v) is 20.7. The molecule has 0 unspecified atom stereocenters. The lowest BCUT2D eigenvalue weighted by atomic mass is 10.1. The second kappa shape index (κ2) is 12.9. The van der Waals surface area contributed by atoms with Crippen LogP contribution in [0.1, 0.15) is 29.2 Å². The minimum atomic E-state index is -0.993. The normalized spacial score (nSPS) is 11.6. The monoisotopic (exact) mass is 495 g/mol. The van der Waals surface area contributed by atoms with Crippen molar-refractivity contribution in [3.05, 3.63) is 100 Å². The molecule has 35 heavy (non-hydrogen) atoms. The van der Waals surface area contributed by atoms with E-state index in [0.29, 0.717) is 30.5 Å². The Morgan fingerprint density at radius 3 is 1.97 bits per heavy atom. The maximum atomic E-state index is 13.1. The van der Waals surface area contributed by atoms with Crippen molar-refractivity contribution in [3.8, 4) is 5.75 Å². The van der Waals surface area contributed by atoms with Gasteiger partial charge in [0.25, 0.3) is 5.91 Å². The number of hydrogen-bond donors (Lipinski definition) is 1. The van der Waals surface area contributed by atoms with E-state index in [1.54, 1.807) is 36.1 Å². The Bertz CT molecular complexity index is 1050. The lowest BCUT2D eigenvalue weighted by Gasteiger charge is -2.23. The van der Waals surface area contributed by atoms with Gasteiger partial charge in [-0.2, -0.15) is 0 Å². The summed E-state index contributed by atoms with van der Waals surface area (Å²) >= 11 is 6.01. The van der Waals surface area contributed by atoms with Crippen LogP contribution in [-0.4, -0.2) is 41.2 Å². The van der Waals surface area contributed by atoms with Gasteiger partial charge < -0.3 is 19.5 Å². The van der Waals surface area contributed by atoms with Crippen molar-refractivity contribution in [1.82, 2.24) is 4.90 Å². The predicted molar refractivity (Wildman–Crippen MR) is 136 cm³/mol. The average Bonchev–Trinajstić information content (AvgIpc) is 2.85. The molecule has 0 aliphatic rings. The first kappa shape index (κ1) is 26.3. The lowest BCUT2D eigenvalue weighted by Crippen LogP contribution is -2.34. The summed E-state index contributed by atoms with van der Waals surface area (Å²) < 4.78 is 11.0. The van der Waals surface area contributed by atoms with E-state index >= 15 is 0 Å². The van der Waals surface area contributed by atoms with Gasteiger partial charge in [0.1, 0.15) is 5.75 Å². The molecule has 1 amide bonds. The summed E-state index contributed by atoms with van der Waals surface area (Å²) in [5.74, 6) is -0.605. The molecule has 0 spiro atoms. The number of amides is 1. The molecular formula is C28H30ClNO5. The number of hydrogen-bond acceptors (Lipinski definition) is 4. The van der Waals surface area contributed by atoms with Crippen LogP contribution >= 0.6 is 11.6 Å². The summed E-state index contributed by atoms with van der Waals surface area (Å²) in [4.78, 5) is 26.2. The Balaban J connectivity index is 1.64. The van der Waals surface area contributed by atoms with Gasteiger partial charge in [-0.3, -0.25) is 4.79 Å². The fraction of sp³-hybridized carbons (Fsp3) is 0.286. The highest BCUT2D eigenvalue weighted by Crippen LogP contribution is 2.17. The molecule has 0 fully saturated rings. The Morgan fingerprint density at radius 2 is 1.43 bits per heavy atom. The van der Waals surface area contributed by atoms with Gasteiger partial charge in [0.15, 0.2) is 12.7 Å². The number of aryl methyl sites for hydroxylation is 1. The number of nitrogens with zero attached hydrogens (tertiary/aromatic N) is 1. The summed E-state index contributed by atoms with van der Waals surface area (Å²) in [6.45, 7) is 4.89. The molecule has 0 saturated heterocycles. The van der Waals surface area contributed by atoms with Crippen molar-refractivity contribution in [2.75, 3.05) is 13.2 Å². The molecule has 3 aromatic rings. The molecule has 0 heterocycles. The molecule has 184 valence electrons. The fourth-order valence-corrected chi connectivity index (χ4v) is 3.67. The minimum absolute atomic E-state index is 0.116. The van der Waals surface area contributed by atoms with Crippen molar-refractivity contribution < 1.29 is 24.2 Å². The number of halogens is 1. The maximum Gasteiger partial charge on any atom is 0.333 e. The molecule has 0 aliphatic heterocycles. The molecule has 0 aromatic heterocycles. The first-order valence-electron chi connectivity index (χ1n) is 11.5. The van der Waals surface area contributed by atoms with Crippen LogP contribution in [0.5, 0.6) is 5.75 Å². The van der Waals surface area contributed by atoms with E-state index < -0.39 is 12.1 Å². The summed E-state index contributed by atoms with van der Waals surface area (Å²) in [6.07, 6.45) is -0.634. The summed E-state index contributed by atoms with van der Waals surface area (Å²) in [7, 11) is 0. The first-order valence-corrected chi connectivity index (χ1v) is 11.9. The van der Waals surface area contributed by atoms with Gasteiger partial charge in [-0.25, -0.2) is 4.79 Å². The van der Waals surface area contributed by atoms with Crippen LogP contribution < -0.4 is 4.74 Å². The third kappa shape index (κ3) is 8.42. The van der Waals surface area contributed by atoms with Crippen LogP contribution in [0.4, 0.5) is 0 Å². The number of aliphatic carboxylic acids is 1. The number of benzene rings is 3. The second-order valence-electron chi connectivity index (χ2n) is 8.28. The molecule has 0 bridgehead atoms. The topological polar surface area (TPSA) is 76.1 Å². The van der Waals surface area contributed by atoms with Crippen LogP contribution in [0.2, 0.25) is 5.02 Å². The molecule has 3 rings (SSSR count). The van der Waals surface area contributed by atoms with E-state index in [4.69, 9.17) is 21.1 Å². The average molecular weight is 496 g/mol. The van der Waals surface area contributed by atoms with Crippen LogP contribution in [0.3, 0.4) is 0 Å². The van der Waals surface area contributed by atoms with E-state index in [-0.39, 0.29) is 18.9 Å². The number of carbonyl (C=O) groups excluding carboxylic acids is 1. The molecule has 3 aromatic carbocycles. The first-order chi connectivity index (χ1) is 16.8. The quantitative estimate of drug-likeness (QED) is 0.369. The zero-order valence-electron chi connectivity index (χ0n) is 19.9. The van der Waals surface area contributed by atoms with E-state index in [1.165, 1.54) is 0 Å². The lowest BCUT2D eigenvalue weighted by molar-refractivity contribution is -0.150. The summed E-state index contributed by atoms with van der Waals surface area (Å²) in [6, 6.07) is 22.6. The number of ether oxygens (including phenoxy) is 2. The van der Waals surface area contributed by atoms with E-state index in [9.17, 15) is 14.7 Å². The van der Waals surface area contributed by atoms with Crippen LogP contribution in [0, 0.1) is 6.92 Å². The van der Waals surface area contributed by atoms with Crippen molar-refractivity contribution in [2.45, 2.75) is 39.5 Å². The SMILES string of the molecule is CCO[C@@H](Cc1ccc(OCC(=O)N(Cc2ccc(C)cc2)Cc2ccc(Cl)cc2)cc1)C(=O)O. The summed E-state index contributed by atoms with van der Waals surface area (Å²) in [5.41, 5.74) is 3.98. The largest absolute Gasteiger partial charge is 0.484 e. The molecule has 0 aliphatic carbocycles. The molecule has 1 N–H and O–H groups in total. The van der Waals surface area contributed by atoms with Crippen LogP contribution in [0.15, 0.2) is 72.8 Å². The van der Waals surface area contributed by atoms with E-state index in [1.807, 2.05) is 55.5 Å². The third-order valence-electron chi connectivity index (χ3n) is 5.48. The molecule has 6 nitrogen and oxygen atoms in total. The smallest absolute Gasteiger partial charge is 0.333 e. The van der Waals surface area contributed by atoms with Crippen molar-refractivity contribution >= 4 is 23.5 Å². The van der Waals surface area contributed by atoms with Crippen LogP contribution in [0.25, 0.3) is 0 Å². The number of rotatable bonds is 12. The van der Waals surface area contributed by atoms with Crippen molar-refractivity contribution in [1.29, 1.82) is 0 Å². The van der Waals surface area contributed by atoms with Gasteiger partial charge in [0, 0.05) is 31.1 Å². The second-order valence-corrected chi connectivity index (χ2v) is 8.72. The van der Waals surface area contributed by atoms with Gasteiger partial charge >= 0.3 is 5.97 Å². The van der Waals surface area contributed by atoms with E-state index in [0.717, 1.165) is 22.3 Å². The highest BCUT2D eigenvalue weighted by atomic mass is 35.5. The van der Waals surface area contributed by atoms with Gasteiger partial charge in [-0.15, -0.1) is 0 Å². The fourth-order valence-electron chi connectivity index (χ4n) is 3.55. The van der Waals surface area contributed by atoms with Gasteiger partial charge in [-0.1, -0.05) is 65.7 Å². The third-order valence-corrected chi connectivity index (χ3v) is 5.74. The maximum absolute atomic E-state index is 13.1. The molecule has 0 radical (unpaired) electrons. The highest BCUT2D eigenvalue weighted by molar-refractivity contribution is 6.30. The Morgan fingerprint density at radius 1 is 0.886 bits per heavy atom. The molecule has 7 heteroatoms. The highest BCUT2D eigenvalue weighted by Gasteiger charge is 2.18. The Hall–Kier alpha value is -3.35. The van der Waals surface area contributed by atoms with Gasteiger partial charge in [0.05, 0.1) is 0 Å². The zero-order chi connectivity index (χ0) is 25.2. The van der Waals surface area contributed by atoms with Gasteiger partial charge in [0.2, 0.25) is 0 Å². The van der Waals surface area contributed by atoms with Gasteiger partial charge in [-0.05, 0) is 54.8 Å². The predicted octanol–water partition coefficient (Wildman–Crippen LogP) is 5.29. The molecule has 1 atom stereocenters. The Kier molecular flexibility index (Phi) is 9.70. The molecule has 0 saturated carbocycles.